The molecule has 1 unspecified atom stereocenters. The second-order valence-corrected chi connectivity index (χ2v) is 2.30. The highest BCUT2D eigenvalue weighted by Gasteiger charge is 2.18. The summed E-state index contributed by atoms with van der Waals surface area (Å²) < 4.78 is 0. The van der Waals surface area contributed by atoms with Gasteiger partial charge in [-0.15, -0.1) is 13.4 Å². The van der Waals surface area contributed by atoms with Gasteiger partial charge in [-0.25, -0.2) is 0 Å². The summed E-state index contributed by atoms with van der Waals surface area (Å²) in [4.78, 5) is 20.3. The Morgan fingerprint density at radius 1 is 1.33 bits per heavy atom. The van der Waals surface area contributed by atoms with Crippen molar-refractivity contribution in [2.75, 3.05) is 0 Å². The summed E-state index contributed by atoms with van der Waals surface area (Å²) >= 11 is 0. The molecule has 0 saturated heterocycles. The number of hydrogen-bond acceptors (Lipinski definition) is 4. The molecule has 2 N–H and O–H groups in total. The van der Waals surface area contributed by atoms with Crippen LogP contribution in [0.25, 0.3) is 0 Å². The zero-order valence-electron chi connectivity index (χ0n) is 6.10. The molecule has 1 atom stereocenters. The summed E-state index contributed by atoms with van der Waals surface area (Å²) in [5.74, 6) is -4.13. The second kappa shape index (κ2) is 4.73. The molecule has 0 aromatic rings. The molecule has 0 aliphatic heterocycles. The van der Waals surface area contributed by atoms with Crippen molar-refractivity contribution >= 4 is 19.1 Å². The van der Waals surface area contributed by atoms with Gasteiger partial charge in [0, 0.05) is 0 Å². The molecule has 6 nitrogen and oxygen atoms in total. The minimum atomic E-state index is -2.29. The first-order valence-corrected chi connectivity index (χ1v) is 3.19. The highest BCUT2D eigenvalue weighted by molar-refractivity contribution is 6.37. The van der Waals surface area contributed by atoms with Crippen LogP contribution in [0, 0.1) is 5.92 Å². The highest BCUT2D eigenvalue weighted by Crippen LogP contribution is 2.08. The summed E-state index contributed by atoms with van der Waals surface area (Å²) in [7, 11) is -2.29. The van der Waals surface area contributed by atoms with Crippen molar-refractivity contribution in [3.8, 4) is 0 Å². The SMILES string of the molecule is O=C(O)CC(CB([O-])[O-])C(=O)O. The molecular formula is C5H7BO6-2. The van der Waals surface area contributed by atoms with Crippen LogP contribution in [-0.4, -0.2) is 29.3 Å². The number of rotatable bonds is 5. The monoisotopic (exact) mass is 174 g/mol. The van der Waals surface area contributed by atoms with Crippen molar-refractivity contribution in [1.29, 1.82) is 0 Å². The maximum absolute atomic E-state index is 10.2. The first-order chi connectivity index (χ1) is 5.43. The molecule has 0 heterocycles. The van der Waals surface area contributed by atoms with E-state index in [1.807, 2.05) is 0 Å². The highest BCUT2D eigenvalue weighted by atomic mass is 16.4. The molecule has 0 aliphatic rings. The smallest absolute Gasteiger partial charge is 0.306 e. The zero-order chi connectivity index (χ0) is 9.72. The molecule has 0 aromatic carbocycles. The maximum Gasteiger partial charge on any atom is 0.306 e. The Balaban J connectivity index is 4.04. The summed E-state index contributed by atoms with van der Waals surface area (Å²) in [5, 5.41) is 36.5. The van der Waals surface area contributed by atoms with E-state index in [0.717, 1.165) is 0 Å². The Kier molecular flexibility index (Phi) is 4.31. The van der Waals surface area contributed by atoms with Crippen LogP contribution in [0.4, 0.5) is 0 Å². The van der Waals surface area contributed by atoms with Gasteiger partial charge in [0.15, 0.2) is 0 Å². The van der Waals surface area contributed by atoms with Crippen LogP contribution in [0.1, 0.15) is 6.42 Å². The van der Waals surface area contributed by atoms with Crippen LogP contribution in [-0.2, 0) is 9.59 Å². The van der Waals surface area contributed by atoms with Crippen LogP contribution >= 0.6 is 0 Å². The van der Waals surface area contributed by atoms with Crippen molar-refractivity contribution in [2.24, 2.45) is 5.92 Å². The Morgan fingerprint density at radius 2 is 1.83 bits per heavy atom. The number of hydrogen-bond donors (Lipinski definition) is 2. The second-order valence-electron chi connectivity index (χ2n) is 2.30. The molecule has 0 rings (SSSR count). The first-order valence-electron chi connectivity index (χ1n) is 3.19. The van der Waals surface area contributed by atoms with E-state index in [1.54, 1.807) is 0 Å². The largest absolute Gasteiger partial charge is 0.893 e. The van der Waals surface area contributed by atoms with E-state index in [0.29, 0.717) is 0 Å². The van der Waals surface area contributed by atoms with Crippen LogP contribution in [0.15, 0.2) is 0 Å². The van der Waals surface area contributed by atoms with Crippen molar-refractivity contribution < 1.29 is 29.9 Å². The van der Waals surface area contributed by atoms with E-state index in [9.17, 15) is 19.6 Å². The lowest BCUT2D eigenvalue weighted by atomic mass is 9.77. The van der Waals surface area contributed by atoms with Gasteiger partial charge in [-0.1, -0.05) is 0 Å². The van der Waals surface area contributed by atoms with Crippen molar-refractivity contribution in [2.45, 2.75) is 12.7 Å². The third-order valence-electron chi connectivity index (χ3n) is 1.25. The zero-order valence-corrected chi connectivity index (χ0v) is 6.10. The summed E-state index contributed by atoms with van der Waals surface area (Å²) in [6.07, 6.45) is -1.38. The molecule has 0 amide bonds. The van der Waals surface area contributed by atoms with Crippen LogP contribution < -0.4 is 10.0 Å². The molecule has 0 bridgehead atoms. The standard InChI is InChI=1S/C5H7BO6/c7-4(8)1-3(5(9)10)2-6(11)12/h3H,1-2H2,(H,7,8)(H,9,10)/q-2. The van der Waals surface area contributed by atoms with Crippen molar-refractivity contribution in [3.63, 3.8) is 0 Å². The fraction of sp³-hybridized carbons (Fsp3) is 0.600. The fourth-order valence-corrected chi connectivity index (χ4v) is 0.715. The van der Waals surface area contributed by atoms with Gasteiger partial charge in [0.2, 0.25) is 0 Å². The van der Waals surface area contributed by atoms with Crippen molar-refractivity contribution in [1.82, 2.24) is 0 Å². The topological polar surface area (TPSA) is 121 Å². The van der Waals surface area contributed by atoms with Gasteiger partial charge < -0.3 is 20.3 Å². The lowest BCUT2D eigenvalue weighted by Gasteiger charge is -2.28. The van der Waals surface area contributed by atoms with Gasteiger partial charge in [0.05, 0.1) is 12.3 Å². The molecule has 12 heavy (non-hydrogen) atoms. The minimum Gasteiger partial charge on any atom is -0.893 e. The van der Waals surface area contributed by atoms with Crippen LogP contribution in [0.5, 0.6) is 0 Å². The quantitative estimate of drug-likeness (QED) is 0.439. The Bertz CT molecular complexity index is 179. The molecule has 68 valence electrons. The Hall–Kier alpha value is -1.08. The summed E-state index contributed by atoms with van der Waals surface area (Å²) in [6, 6.07) is 0. The maximum atomic E-state index is 10.2. The first kappa shape index (κ1) is 10.9. The molecule has 0 aliphatic carbocycles. The predicted molar refractivity (Wildman–Crippen MR) is 33.9 cm³/mol. The van der Waals surface area contributed by atoms with E-state index in [1.165, 1.54) is 0 Å². The van der Waals surface area contributed by atoms with E-state index < -0.39 is 37.7 Å². The Labute approximate surface area is 68.6 Å². The Morgan fingerprint density at radius 3 is 2.08 bits per heavy atom. The third-order valence-corrected chi connectivity index (χ3v) is 1.25. The molecule has 0 saturated carbocycles. The van der Waals surface area contributed by atoms with Gasteiger partial charge >= 0.3 is 11.9 Å². The average molecular weight is 174 g/mol. The molecule has 7 heteroatoms. The van der Waals surface area contributed by atoms with Gasteiger partial charge in [-0.2, -0.15) is 0 Å². The van der Waals surface area contributed by atoms with E-state index in [-0.39, 0.29) is 0 Å². The van der Waals surface area contributed by atoms with E-state index in [2.05, 4.69) is 0 Å². The van der Waals surface area contributed by atoms with Gasteiger partial charge in [-0.3, -0.25) is 9.59 Å². The van der Waals surface area contributed by atoms with Crippen LogP contribution in [0.2, 0.25) is 6.32 Å². The summed E-state index contributed by atoms with van der Waals surface area (Å²) in [5.41, 5.74) is 0. The lowest BCUT2D eigenvalue weighted by molar-refractivity contribution is -0.349. The summed E-state index contributed by atoms with van der Waals surface area (Å²) in [6.45, 7) is 0. The predicted octanol–water partition coefficient (Wildman–Crippen LogP) is -2.63. The van der Waals surface area contributed by atoms with Gasteiger partial charge in [0.25, 0.3) is 0 Å². The fourth-order valence-electron chi connectivity index (χ4n) is 0.715. The minimum absolute atomic E-state index is 0.684. The number of carbonyl (C=O) groups is 2. The number of aliphatic carboxylic acids is 2. The molecule has 0 aromatic heterocycles. The lowest BCUT2D eigenvalue weighted by Crippen LogP contribution is -2.47. The van der Waals surface area contributed by atoms with Crippen molar-refractivity contribution in [3.05, 3.63) is 0 Å². The van der Waals surface area contributed by atoms with Crippen LogP contribution in [0.3, 0.4) is 0 Å². The normalized spacial score (nSPS) is 12.2. The molecule has 0 radical (unpaired) electrons. The molecule has 0 fully saturated rings. The molecular weight excluding hydrogens is 167 g/mol. The number of carboxylic acids is 2. The number of carboxylic acid groups (broad SMARTS) is 2. The van der Waals surface area contributed by atoms with Gasteiger partial charge in [-0.05, 0) is 0 Å². The van der Waals surface area contributed by atoms with E-state index >= 15 is 0 Å². The van der Waals surface area contributed by atoms with E-state index in [4.69, 9.17) is 10.2 Å². The molecule has 0 spiro atoms. The van der Waals surface area contributed by atoms with Gasteiger partial charge in [0.1, 0.15) is 0 Å². The third kappa shape index (κ3) is 4.70. The average Bonchev–Trinajstić information content (AvgIpc) is 1.83.